The van der Waals surface area contributed by atoms with Gasteiger partial charge in [-0.25, -0.2) is 13.1 Å². The molecule has 0 atom stereocenters. The van der Waals surface area contributed by atoms with Crippen LogP contribution >= 0.6 is 15.9 Å². The van der Waals surface area contributed by atoms with E-state index in [4.69, 9.17) is 0 Å². The lowest BCUT2D eigenvalue weighted by molar-refractivity contribution is 0.0981. The summed E-state index contributed by atoms with van der Waals surface area (Å²) >= 11 is 3.25. The van der Waals surface area contributed by atoms with Crippen molar-refractivity contribution < 1.29 is 13.2 Å². The van der Waals surface area contributed by atoms with Gasteiger partial charge in [-0.1, -0.05) is 36.7 Å². The van der Waals surface area contributed by atoms with Crippen LogP contribution in [0.5, 0.6) is 0 Å². The first-order valence-corrected chi connectivity index (χ1v) is 8.34. The zero-order valence-corrected chi connectivity index (χ0v) is 13.6. The summed E-state index contributed by atoms with van der Waals surface area (Å²) in [6.07, 6.45) is 0.496. The third-order valence-corrected chi connectivity index (χ3v) is 4.24. The molecule has 6 heteroatoms. The van der Waals surface area contributed by atoms with E-state index in [1.54, 1.807) is 24.3 Å². The number of amides is 1. The summed E-state index contributed by atoms with van der Waals surface area (Å²) in [6, 6.07) is 6.52. The molecule has 0 aliphatic heterocycles. The lowest BCUT2D eigenvalue weighted by Gasteiger charge is -2.17. The highest BCUT2D eigenvalue weighted by atomic mass is 79.9. The minimum absolute atomic E-state index is 0.0568. The van der Waals surface area contributed by atoms with Crippen LogP contribution in [0.4, 0.5) is 0 Å². The van der Waals surface area contributed by atoms with E-state index >= 15 is 0 Å². The first kappa shape index (κ1) is 16.2. The average Bonchev–Trinajstić information content (AvgIpc) is 2.26. The van der Waals surface area contributed by atoms with E-state index < -0.39 is 15.9 Å². The Hall–Kier alpha value is -0.880. The smallest absolute Gasteiger partial charge is 0.264 e. The number of carbonyl (C=O) groups excluding carboxylic acids is 1. The summed E-state index contributed by atoms with van der Waals surface area (Å²) in [5, 5.41) is 0. The van der Waals surface area contributed by atoms with E-state index in [0.717, 1.165) is 4.47 Å². The lowest BCUT2D eigenvalue weighted by atomic mass is 9.94. The van der Waals surface area contributed by atoms with Crippen molar-refractivity contribution in [3.05, 3.63) is 34.3 Å². The molecule has 1 amide bonds. The molecule has 19 heavy (non-hydrogen) atoms. The maximum atomic E-state index is 11.8. The fraction of sp³-hybridized carbons (Fsp3) is 0.462. The predicted octanol–water partition coefficient (Wildman–Crippen LogP) is 2.94. The fourth-order valence-corrected chi connectivity index (χ4v) is 2.94. The summed E-state index contributed by atoms with van der Waals surface area (Å²) in [5.41, 5.74) is 0.234. The van der Waals surface area contributed by atoms with Gasteiger partial charge in [0.25, 0.3) is 5.91 Å². The molecule has 0 spiro atoms. The molecule has 1 N–H and O–H groups in total. The second-order valence-electron chi connectivity index (χ2n) is 5.57. The van der Waals surface area contributed by atoms with Gasteiger partial charge < -0.3 is 0 Å². The van der Waals surface area contributed by atoms with Gasteiger partial charge in [-0.3, -0.25) is 4.79 Å². The first-order valence-electron chi connectivity index (χ1n) is 5.89. The van der Waals surface area contributed by atoms with Crippen LogP contribution in [0.3, 0.4) is 0 Å². The molecule has 0 saturated carbocycles. The van der Waals surface area contributed by atoms with Crippen molar-refractivity contribution in [1.29, 1.82) is 0 Å². The largest absolute Gasteiger partial charge is 0.268 e. The molecule has 0 bridgehead atoms. The fourth-order valence-electron chi connectivity index (χ4n) is 1.29. The van der Waals surface area contributed by atoms with Crippen LogP contribution < -0.4 is 4.72 Å². The number of hydrogen-bond donors (Lipinski definition) is 1. The monoisotopic (exact) mass is 347 g/mol. The average molecular weight is 348 g/mol. The van der Waals surface area contributed by atoms with Crippen LogP contribution in [-0.4, -0.2) is 20.1 Å². The van der Waals surface area contributed by atoms with Crippen LogP contribution in [0.2, 0.25) is 0 Å². The van der Waals surface area contributed by atoms with Crippen LogP contribution in [-0.2, 0) is 10.0 Å². The van der Waals surface area contributed by atoms with E-state index in [2.05, 4.69) is 20.7 Å². The number of carbonyl (C=O) groups is 1. The van der Waals surface area contributed by atoms with Gasteiger partial charge in [-0.15, -0.1) is 0 Å². The number of rotatable bonds is 4. The Morgan fingerprint density at radius 1 is 1.21 bits per heavy atom. The molecule has 1 rings (SSSR count). The molecular weight excluding hydrogens is 330 g/mol. The quantitative estimate of drug-likeness (QED) is 0.910. The number of sulfonamides is 1. The number of nitrogens with one attached hydrogen (secondary N) is 1. The second kappa shape index (κ2) is 6.05. The molecule has 0 aliphatic carbocycles. The Bertz CT molecular complexity index is 544. The summed E-state index contributed by atoms with van der Waals surface area (Å²) < 4.78 is 26.5. The SMILES string of the molecule is CC(C)(C)CCS(=O)(=O)NC(=O)c1ccc(Br)cc1. The Morgan fingerprint density at radius 3 is 2.21 bits per heavy atom. The van der Waals surface area contributed by atoms with Crippen LogP contribution in [0.15, 0.2) is 28.7 Å². The number of halogens is 1. The Balaban J connectivity index is 2.68. The molecular formula is C13H18BrNO3S. The molecule has 106 valence electrons. The maximum Gasteiger partial charge on any atom is 0.264 e. The van der Waals surface area contributed by atoms with E-state index in [1.807, 2.05) is 20.8 Å². The van der Waals surface area contributed by atoms with Crippen LogP contribution in [0.1, 0.15) is 37.6 Å². The highest BCUT2D eigenvalue weighted by Crippen LogP contribution is 2.19. The Labute approximate surface area is 122 Å². The van der Waals surface area contributed by atoms with Crippen molar-refractivity contribution in [3.63, 3.8) is 0 Å². The first-order chi connectivity index (χ1) is 8.59. The minimum atomic E-state index is -3.58. The molecule has 0 radical (unpaired) electrons. The molecule has 1 aromatic carbocycles. The third kappa shape index (κ3) is 6.20. The van der Waals surface area contributed by atoms with E-state index in [1.165, 1.54) is 0 Å². The number of benzene rings is 1. The van der Waals surface area contributed by atoms with Gasteiger partial charge >= 0.3 is 0 Å². The summed E-state index contributed by atoms with van der Waals surface area (Å²) in [4.78, 5) is 11.8. The highest BCUT2D eigenvalue weighted by Gasteiger charge is 2.20. The van der Waals surface area contributed by atoms with Gasteiger partial charge in [0.1, 0.15) is 0 Å². The van der Waals surface area contributed by atoms with Crippen LogP contribution in [0, 0.1) is 5.41 Å². The standard InChI is InChI=1S/C13H18BrNO3S/c1-13(2,3)8-9-19(17,18)15-12(16)10-4-6-11(14)7-5-10/h4-7H,8-9H2,1-3H3,(H,15,16). The third-order valence-electron chi connectivity index (χ3n) is 2.48. The lowest BCUT2D eigenvalue weighted by Crippen LogP contribution is -2.33. The van der Waals surface area contributed by atoms with Gasteiger partial charge in [0.05, 0.1) is 5.75 Å². The normalized spacial score (nSPS) is 12.2. The molecule has 0 fully saturated rings. The molecule has 4 nitrogen and oxygen atoms in total. The van der Waals surface area contributed by atoms with E-state index in [0.29, 0.717) is 12.0 Å². The highest BCUT2D eigenvalue weighted by molar-refractivity contribution is 9.10. The van der Waals surface area contributed by atoms with Gasteiger partial charge in [-0.2, -0.15) is 0 Å². The molecule has 1 aromatic rings. The van der Waals surface area contributed by atoms with Crippen molar-refractivity contribution in [1.82, 2.24) is 4.72 Å². The van der Waals surface area contributed by atoms with Gasteiger partial charge in [0.15, 0.2) is 0 Å². The van der Waals surface area contributed by atoms with Crippen molar-refractivity contribution >= 4 is 31.9 Å². The number of hydrogen-bond acceptors (Lipinski definition) is 3. The summed E-state index contributed by atoms with van der Waals surface area (Å²) in [7, 11) is -3.58. The second-order valence-corrected chi connectivity index (χ2v) is 8.33. The summed E-state index contributed by atoms with van der Waals surface area (Å²) in [5.74, 6) is -0.653. The van der Waals surface area contributed by atoms with Crippen molar-refractivity contribution in [3.8, 4) is 0 Å². The van der Waals surface area contributed by atoms with Crippen LogP contribution in [0.25, 0.3) is 0 Å². The predicted molar refractivity (Wildman–Crippen MR) is 79.5 cm³/mol. The molecule has 0 unspecified atom stereocenters. The topological polar surface area (TPSA) is 63.2 Å². The van der Waals surface area contributed by atoms with E-state index in [9.17, 15) is 13.2 Å². The zero-order chi connectivity index (χ0) is 14.7. The van der Waals surface area contributed by atoms with Crippen molar-refractivity contribution in [2.24, 2.45) is 5.41 Å². The van der Waals surface area contributed by atoms with E-state index in [-0.39, 0.29) is 11.2 Å². The molecule has 0 aromatic heterocycles. The molecule has 0 saturated heterocycles. The van der Waals surface area contributed by atoms with Crippen molar-refractivity contribution in [2.45, 2.75) is 27.2 Å². The van der Waals surface area contributed by atoms with Gasteiger partial charge in [-0.05, 0) is 36.1 Å². The Morgan fingerprint density at radius 2 is 1.74 bits per heavy atom. The van der Waals surface area contributed by atoms with Gasteiger partial charge in [0, 0.05) is 10.0 Å². The molecule has 0 heterocycles. The Kier molecular flexibility index (Phi) is 5.15. The molecule has 0 aliphatic rings. The van der Waals surface area contributed by atoms with Crippen molar-refractivity contribution in [2.75, 3.05) is 5.75 Å². The summed E-state index contributed by atoms with van der Waals surface area (Å²) in [6.45, 7) is 5.87. The maximum absolute atomic E-state index is 11.8. The van der Waals surface area contributed by atoms with Gasteiger partial charge in [0.2, 0.25) is 10.0 Å². The zero-order valence-electron chi connectivity index (χ0n) is 11.2. The minimum Gasteiger partial charge on any atom is -0.268 e.